The number of amides is 2. The van der Waals surface area contributed by atoms with Crippen LogP contribution in [0, 0.1) is 5.82 Å². The summed E-state index contributed by atoms with van der Waals surface area (Å²) >= 11 is 0. The maximum atomic E-state index is 13.6. The number of urea groups is 1. The molecule has 1 aromatic rings. The third-order valence-electron chi connectivity index (χ3n) is 3.72. The van der Waals surface area contributed by atoms with E-state index in [2.05, 4.69) is 5.32 Å². The SMILES string of the molecule is COc1ccc(CN(C)C(=O)N[C@H]2CCC[C@H]2F)cc1F. The fourth-order valence-electron chi connectivity index (χ4n) is 2.50. The first kappa shape index (κ1) is 15.5. The van der Waals surface area contributed by atoms with Gasteiger partial charge < -0.3 is 15.0 Å². The standard InChI is InChI=1S/C15H20F2N2O2/c1-19(15(20)18-13-5-3-4-11(13)16)9-10-6-7-14(21-2)12(17)8-10/h6-8,11,13H,3-5,9H2,1-2H3,(H,18,20)/t11-,13+/m1/s1. The Bertz CT molecular complexity index is 510. The minimum atomic E-state index is -0.971. The van der Waals surface area contributed by atoms with Crippen molar-refractivity contribution in [2.75, 3.05) is 14.2 Å². The van der Waals surface area contributed by atoms with Crippen LogP contribution >= 0.6 is 0 Å². The number of halogens is 2. The van der Waals surface area contributed by atoms with Gasteiger partial charge in [0.05, 0.1) is 13.2 Å². The van der Waals surface area contributed by atoms with E-state index in [1.807, 2.05) is 0 Å². The van der Waals surface area contributed by atoms with E-state index in [9.17, 15) is 13.6 Å². The molecule has 1 aliphatic rings. The van der Waals surface area contributed by atoms with Crippen LogP contribution in [0.5, 0.6) is 5.75 Å². The maximum Gasteiger partial charge on any atom is 0.317 e. The molecule has 4 nitrogen and oxygen atoms in total. The van der Waals surface area contributed by atoms with E-state index in [4.69, 9.17) is 4.74 Å². The maximum absolute atomic E-state index is 13.6. The van der Waals surface area contributed by atoms with E-state index in [0.29, 0.717) is 18.4 Å². The lowest BCUT2D eigenvalue weighted by molar-refractivity contribution is 0.193. The molecule has 1 N–H and O–H groups in total. The highest BCUT2D eigenvalue weighted by molar-refractivity contribution is 5.74. The molecule has 2 amide bonds. The molecule has 0 aliphatic heterocycles. The van der Waals surface area contributed by atoms with E-state index in [-0.39, 0.29) is 18.3 Å². The number of nitrogens with one attached hydrogen (secondary N) is 1. The van der Waals surface area contributed by atoms with Gasteiger partial charge >= 0.3 is 6.03 Å². The van der Waals surface area contributed by atoms with Crippen molar-refractivity contribution >= 4 is 6.03 Å². The van der Waals surface area contributed by atoms with E-state index in [1.165, 1.54) is 24.1 Å². The van der Waals surface area contributed by atoms with Gasteiger partial charge in [-0.2, -0.15) is 0 Å². The first-order valence-electron chi connectivity index (χ1n) is 6.99. The molecule has 1 saturated carbocycles. The first-order valence-corrected chi connectivity index (χ1v) is 6.99. The molecule has 21 heavy (non-hydrogen) atoms. The summed E-state index contributed by atoms with van der Waals surface area (Å²) in [5.41, 5.74) is 0.647. The second kappa shape index (κ2) is 6.74. The molecular weight excluding hydrogens is 278 g/mol. The molecule has 1 aliphatic carbocycles. The second-order valence-corrected chi connectivity index (χ2v) is 5.33. The molecule has 1 aromatic carbocycles. The van der Waals surface area contributed by atoms with E-state index < -0.39 is 18.0 Å². The zero-order valence-corrected chi connectivity index (χ0v) is 12.2. The summed E-state index contributed by atoms with van der Waals surface area (Å²) in [6, 6.07) is 3.79. The number of alkyl halides is 1. The molecule has 0 spiro atoms. The molecule has 6 heteroatoms. The summed E-state index contributed by atoms with van der Waals surface area (Å²) in [5, 5.41) is 2.68. The van der Waals surface area contributed by atoms with Gasteiger partial charge in [-0.05, 0) is 37.0 Å². The zero-order valence-electron chi connectivity index (χ0n) is 12.2. The van der Waals surface area contributed by atoms with Crippen LogP contribution in [0.15, 0.2) is 18.2 Å². The van der Waals surface area contributed by atoms with Crippen molar-refractivity contribution in [3.05, 3.63) is 29.6 Å². The van der Waals surface area contributed by atoms with Crippen LogP contribution in [0.2, 0.25) is 0 Å². The Morgan fingerprint density at radius 2 is 2.24 bits per heavy atom. The summed E-state index contributed by atoms with van der Waals surface area (Å²) in [6.45, 7) is 0.246. The van der Waals surface area contributed by atoms with Gasteiger partial charge in [0.15, 0.2) is 11.6 Å². The second-order valence-electron chi connectivity index (χ2n) is 5.33. The van der Waals surface area contributed by atoms with Crippen LogP contribution in [-0.2, 0) is 6.54 Å². The number of nitrogens with zero attached hydrogens (tertiary/aromatic N) is 1. The quantitative estimate of drug-likeness (QED) is 0.928. The average molecular weight is 298 g/mol. The predicted molar refractivity (Wildman–Crippen MR) is 75.5 cm³/mol. The van der Waals surface area contributed by atoms with Crippen molar-refractivity contribution in [3.8, 4) is 5.75 Å². The lowest BCUT2D eigenvalue weighted by Crippen LogP contribution is -2.44. The van der Waals surface area contributed by atoms with Gasteiger partial charge in [-0.3, -0.25) is 0 Å². The summed E-state index contributed by atoms with van der Waals surface area (Å²) in [5.74, 6) is -0.305. The van der Waals surface area contributed by atoms with Gasteiger partial charge in [0, 0.05) is 13.6 Å². The molecular formula is C15H20F2N2O2. The number of benzene rings is 1. The lowest BCUT2D eigenvalue weighted by Gasteiger charge is -2.22. The Morgan fingerprint density at radius 1 is 1.48 bits per heavy atom. The van der Waals surface area contributed by atoms with Crippen LogP contribution in [0.25, 0.3) is 0 Å². The number of ether oxygens (including phenoxy) is 1. The van der Waals surface area contributed by atoms with Crippen LogP contribution in [0.1, 0.15) is 24.8 Å². The van der Waals surface area contributed by atoms with Crippen molar-refractivity contribution in [2.24, 2.45) is 0 Å². The topological polar surface area (TPSA) is 41.6 Å². The molecule has 0 saturated heterocycles. The number of rotatable bonds is 4. The number of carbonyl (C=O) groups excluding carboxylic acids is 1. The van der Waals surface area contributed by atoms with Crippen LogP contribution in [0.4, 0.5) is 13.6 Å². The summed E-state index contributed by atoms with van der Waals surface area (Å²) in [6.07, 6.45) is 0.983. The molecule has 0 bridgehead atoms. The minimum Gasteiger partial charge on any atom is -0.494 e. The minimum absolute atomic E-state index is 0.164. The third kappa shape index (κ3) is 3.83. The Labute approximate surface area is 123 Å². The van der Waals surface area contributed by atoms with Gasteiger partial charge in [0.25, 0.3) is 0 Å². The largest absolute Gasteiger partial charge is 0.494 e. The highest BCUT2D eigenvalue weighted by atomic mass is 19.1. The van der Waals surface area contributed by atoms with Crippen molar-refractivity contribution < 1.29 is 18.3 Å². The normalized spacial score (nSPS) is 21.1. The fourth-order valence-corrected chi connectivity index (χ4v) is 2.50. The van der Waals surface area contributed by atoms with Crippen molar-refractivity contribution in [1.29, 1.82) is 0 Å². The molecule has 0 unspecified atom stereocenters. The third-order valence-corrected chi connectivity index (χ3v) is 3.72. The van der Waals surface area contributed by atoms with Crippen LogP contribution in [-0.4, -0.2) is 37.3 Å². The van der Waals surface area contributed by atoms with Crippen molar-refractivity contribution in [2.45, 2.75) is 38.0 Å². The predicted octanol–water partition coefficient (Wildman–Crippen LogP) is 2.87. The average Bonchev–Trinajstić information content (AvgIpc) is 2.84. The monoisotopic (exact) mass is 298 g/mol. The summed E-state index contributed by atoms with van der Waals surface area (Å²) < 4.78 is 31.9. The number of methoxy groups -OCH3 is 1. The number of hydrogen-bond acceptors (Lipinski definition) is 2. The van der Waals surface area contributed by atoms with Gasteiger partial charge in [-0.15, -0.1) is 0 Å². The Kier molecular flexibility index (Phi) is 4.98. The smallest absolute Gasteiger partial charge is 0.317 e. The van der Waals surface area contributed by atoms with Crippen LogP contribution < -0.4 is 10.1 Å². The molecule has 2 atom stereocenters. The Morgan fingerprint density at radius 3 is 2.81 bits per heavy atom. The van der Waals surface area contributed by atoms with Gasteiger partial charge in [-0.1, -0.05) is 6.07 Å². The summed E-state index contributed by atoms with van der Waals surface area (Å²) in [4.78, 5) is 13.4. The van der Waals surface area contributed by atoms with E-state index in [1.54, 1.807) is 13.1 Å². The Balaban J connectivity index is 1.92. The molecule has 0 radical (unpaired) electrons. The van der Waals surface area contributed by atoms with E-state index >= 15 is 0 Å². The molecule has 0 aromatic heterocycles. The highest BCUT2D eigenvalue weighted by Gasteiger charge is 2.29. The molecule has 1 fully saturated rings. The molecule has 2 rings (SSSR count). The van der Waals surface area contributed by atoms with Crippen molar-refractivity contribution in [1.82, 2.24) is 10.2 Å². The zero-order chi connectivity index (χ0) is 15.4. The first-order chi connectivity index (χ1) is 10.0. The highest BCUT2D eigenvalue weighted by Crippen LogP contribution is 2.22. The Hall–Kier alpha value is -1.85. The van der Waals surface area contributed by atoms with Gasteiger partial charge in [0.1, 0.15) is 6.17 Å². The van der Waals surface area contributed by atoms with Gasteiger partial charge in [0.2, 0.25) is 0 Å². The number of hydrogen-bond donors (Lipinski definition) is 1. The van der Waals surface area contributed by atoms with E-state index in [0.717, 1.165) is 6.42 Å². The number of carbonyl (C=O) groups is 1. The van der Waals surface area contributed by atoms with Crippen LogP contribution in [0.3, 0.4) is 0 Å². The summed E-state index contributed by atoms with van der Waals surface area (Å²) in [7, 11) is 2.99. The molecule has 116 valence electrons. The fraction of sp³-hybridized carbons (Fsp3) is 0.533. The molecule has 0 heterocycles. The van der Waals surface area contributed by atoms with Crippen molar-refractivity contribution in [3.63, 3.8) is 0 Å². The lowest BCUT2D eigenvalue weighted by atomic mass is 10.2. The van der Waals surface area contributed by atoms with Gasteiger partial charge in [-0.25, -0.2) is 13.6 Å².